The van der Waals surface area contributed by atoms with Crippen molar-refractivity contribution in [3.05, 3.63) is 40.4 Å². The van der Waals surface area contributed by atoms with Gasteiger partial charge in [0.05, 0.1) is 10.6 Å². The van der Waals surface area contributed by atoms with Crippen LogP contribution in [0.3, 0.4) is 0 Å². The SMILES string of the molecule is CCCc1nc(NC(=O)c2ccc(S(=O)(=O)C(F)F)cc2)sc1CC. The molecule has 0 atom stereocenters. The Kier molecular flexibility index (Phi) is 6.23. The normalized spacial score (nSPS) is 11.7. The Morgan fingerprint density at radius 3 is 2.40 bits per heavy atom. The van der Waals surface area contributed by atoms with Crippen LogP contribution in [0, 0.1) is 0 Å². The molecule has 0 saturated heterocycles. The number of amides is 1. The lowest BCUT2D eigenvalue weighted by Crippen LogP contribution is -2.14. The molecule has 0 aliphatic rings. The van der Waals surface area contributed by atoms with E-state index in [2.05, 4.69) is 10.3 Å². The number of nitrogens with one attached hydrogen (secondary N) is 1. The summed E-state index contributed by atoms with van der Waals surface area (Å²) in [5.74, 6) is -3.97. The lowest BCUT2D eigenvalue weighted by molar-refractivity contribution is 0.102. The topological polar surface area (TPSA) is 76.1 Å². The highest BCUT2D eigenvalue weighted by molar-refractivity contribution is 7.91. The average molecular weight is 388 g/mol. The third-order valence-corrected chi connectivity index (χ3v) is 6.04. The Bertz CT molecular complexity index is 847. The number of carbonyl (C=O) groups excluding carboxylic acids is 1. The van der Waals surface area contributed by atoms with Crippen molar-refractivity contribution in [2.45, 2.75) is 43.8 Å². The lowest BCUT2D eigenvalue weighted by Gasteiger charge is -2.05. The maximum atomic E-state index is 12.5. The maximum Gasteiger partial charge on any atom is 0.341 e. The maximum absolute atomic E-state index is 12.5. The van der Waals surface area contributed by atoms with Crippen LogP contribution in [0.1, 0.15) is 41.2 Å². The monoisotopic (exact) mass is 388 g/mol. The van der Waals surface area contributed by atoms with Crippen LogP contribution in [0.4, 0.5) is 13.9 Å². The van der Waals surface area contributed by atoms with Gasteiger partial charge >= 0.3 is 5.76 Å². The fourth-order valence-electron chi connectivity index (χ4n) is 2.21. The smallest absolute Gasteiger partial charge is 0.298 e. The Balaban J connectivity index is 2.16. The molecule has 0 saturated carbocycles. The van der Waals surface area contributed by atoms with E-state index >= 15 is 0 Å². The zero-order valence-corrected chi connectivity index (χ0v) is 15.4. The number of thiazole rings is 1. The minimum absolute atomic E-state index is 0.165. The van der Waals surface area contributed by atoms with Crippen LogP contribution in [0.25, 0.3) is 0 Å². The Hall–Kier alpha value is -1.87. The number of alkyl halides is 2. The first-order valence-electron chi connectivity index (χ1n) is 7.71. The molecule has 5 nitrogen and oxygen atoms in total. The molecule has 25 heavy (non-hydrogen) atoms. The minimum atomic E-state index is -4.67. The number of benzene rings is 1. The number of carbonyl (C=O) groups is 1. The van der Waals surface area contributed by atoms with Crippen molar-refractivity contribution in [1.29, 1.82) is 0 Å². The summed E-state index contributed by atoms with van der Waals surface area (Å²) < 4.78 is 47.8. The van der Waals surface area contributed by atoms with Crippen molar-refractivity contribution in [2.24, 2.45) is 0 Å². The summed E-state index contributed by atoms with van der Waals surface area (Å²) in [6.45, 7) is 4.06. The number of halogens is 2. The summed E-state index contributed by atoms with van der Waals surface area (Å²) in [7, 11) is -4.67. The summed E-state index contributed by atoms with van der Waals surface area (Å²) in [5.41, 5.74) is 1.13. The van der Waals surface area contributed by atoms with Gasteiger partial charge in [0.2, 0.25) is 9.84 Å². The van der Waals surface area contributed by atoms with E-state index < -0.39 is 26.4 Å². The van der Waals surface area contributed by atoms with Crippen LogP contribution < -0.4 is 5.32 Å². The van der Waals surface area contributed by atoms with Crippen LogP contribution in [-0.4, -0.2) is 25.1 Å². The zero-order valence-electron chi connectivity index (χ0n) is 13.8. The number of rotatable bonds is 7. The number of aromatic nitrogens is 1. The molecule has 1 aromatic carbocycles. The predicted octanol–water partition coefficient (Wildman–Crippen LogP) is 3.91. The van der Waals surface area contributed by atoms with Crippen LogP contribution in [-0.2, 0) is 22.7 Å². The second-order valence-corrected chi connectivity index (χ2v) is 8.28. The van der Waals surface area contributed by atoms with Gasteiger partial charge in [-0.15, -0.1) is 11.3 Å². The van der Waals surface area contributed by atoms with Crippen molar-refractivity contribution >= 4 is 32.2 Å². The largest absolute Gasteiger partial charge is 0.341 e. The quantitative estimate of drug-likeness (QED) is 0.780. The molecule has 0 fully saturated rings. The fourth-order valence-corrected chi connectivity index (χ4v) is 3.88. The van der Waals surface area contributed by atoms with E-state index in [9.17, 15) is 22.0 Å². The predicted molar refractivity (Wildman–Crippen MR) is 93.1 cm³/mol. The van der Waals surface area contributed by atoms with Gasteiger partial charge in [-0.05, 0) is 37.1 Å². The summed E-state index contributed by atoms with van der Waals surface area (Å²) in [6, 6.07) is 4.40. The van der Waals surface area contributed by atoms with Crippen molar-refractivity contribution in [3.8, 4) is 0 Å². The molecule has 1 N–H and O–H groups in total. The molecular formula is C16H18F2N2O3S2. The molecule has 0 bridgehead atoms. The molecule has 2 aromatic rings. The first-order chi connectivity index (χ1) is 11.8. The summed E-state index contributed by atoms with van der Waals surface area (Å²) >= 11 is 1.40. The lowest BCUT2D eigenvalue weighted by atomic mass is 10.2. The Morgan fingerprint density at radius 2 is 1.88 bits per heavy atom. The van der Waals surface area contributed by atoms with Crippen LogP contribution >= 0.6 is 11.3 Å². The van der Waals surface area contributed by atoms with Gasteiger partial charge in [0.25, 0.3) is 5.91 Å². The molecule has 1 aromatic heterocycles. The molecule has 1 amide bonds. The van der Waals surface area contributed by atoms with E-state index in [4.69, 9.17) is 0 Å². The highest BCUT2D eigenvalue weighted by atomic mass is 32.2. The molecule has 0 radical (unpaired) electrons. The Labute approximate surface area is 149 Å². The van der Waals surface area contributed by atoms with Crippen LogP contribution in [0.15, 0.2) is 29.2 Å². The molecule has 136 valence electrons. The molecule has 0 aliphatic carbocycles. The second-order valence-electron chi connectivity index (χ2n) is 5.28. The van der Waals surface area contributed by atoms with Gasteiger partial charge in [0, 0.05) is 10.4 Å². The van der Waals surface area contributed by atoms with E-state index in [0.29, 0.717) is 5.13 Å². The first-order valence-corrected chi connectivity index (χ1v) is 10.1. The average Bonchev–Trinajstić information content (AvgIpc) is 2.96. The first kappa shape index (κ1) is 19.5. The summed E-state index contributed by atoms with van der Waals surface area (Å²) in [6.07, 6.45) is 2.60. The van der Waals surface area contributed by atoms with E-state index in [1.54, 1.807) is 0 Å². The minimum Gasteiger partial charge on any atom is -0.298 e. The van der Waals surface area contributed by atoms with Gasteiger partial charge in [-0.25, -0.2) is 13.4 Å². The third kappa shape index (κ3) is 4.40. The summed E-state index contributed by atoms with van der Waals surface area (Å²) in [4.78, 5) is 17.2. The highest BCUT2D eigenvalue weighted by Gasteiger charge is 2.26. The number of aryl methyl sites for hydroxylation is 2. The van der Waals surface area contributed by atoms with Gasteiger partial charge < -0.3 is 0 Å². The van der Waals surface area contributed by atoms with Gasteiger partial charge in [0.15, 0.2) is 5.13 Å². The Morgan fingerprint density at radius 1 is 1.24 bits per heavy atom. The molecule has 0 spiro atoms. The number of sulfone groups is 1. The summed E-state index contributed by atoms with van der Waals surface area (Å²) in [5, 5.41) is 3.13. The van der Waals surface area contributed by atoms with Gasteiger partial charge in [-0.1, -0.05) is 20.3 Å². The number of anilines is 1. The second kappa shape index (κ2) is 8.01. The molecule has 0 unspecified atom stereocenters. The number of hydrogen-bond donors (Lipinski definition) is 1. The molecule has 1 heterocycles. The van der Waals surface area contributed by atoms with Crippen molar-refractivity contribution in [1.82, 2.24) is 4.98 Å². The van der Waals surface area contributed by atoms with E-state index in [0.717, 1.165) is 42.0 Å². The van der Waals surface area contributed by atoms with Crippen LogP contribution in [0.5, 0.6) is 0 Å². The van der Waals surface area contributed by atoms with E-state index in [-0.39, 0.29) is 5.56 Å². The van der Waals surface area contributed by atoms with Gasteiger partial charge in [-0.2, -0.15) is 8.78 Å². The van der Waals surface area contributed by atoms with Gasteiger partial charge in [-0.3, -0.25) is 10.1 Å². The molecule has 9 heteroatoms. The molecule has 2 rings (SSSR count). The van der Waals surface area contributed by atoms with Crippen molar-refractivity contribution in [2.75, 3.05) is 5.32 Å². The molecular weight excluding hydrogens is 370 g/mol. The highest BCUT2D eigenvalue weighted by Crippen LogP contribution is 2.25. The number of nitrogens with zero attached hydrogens (tertiary/aromatic N) is 1. The van der Waals surface area contributed by atoms with Gasteiger partial charge in [0.1, 0.15) is 0 Å². The molecule has 0 aliphatic heterocycles. The fraction of sp³-hybridized carbons (Fsp3) is 0.375. The van der Waals surface area contributed by atoms with E-state index in [1.807, 2.05) is 13.8 Å². The van der Waals surface area contributed by atoms with Crippen molar-refractivity contribution < 1.29 is 22.0 Å². The third-order valence-electron chi connectivity index (χ3n) is 3.49. The van der Waals surface area contributed by atoms with Crippen molar-refractivity contribution in [3.63, 3.8) is 0 Å². The zero-order chi connectivity index (χ0) is 18.6. The standard InChI is InChI=1S/C16H18F2N2O3S2/c1-3-5-12-13(4-2)24-16(19-12)20-14(21)10-6-8-11(9-7-10)25(22,23)15(17)18/h6-9,15H,3-5H2,1-2H3,(H,19,20,21). The van der Waals surface area contributed by atoms with Crippen LogP contribution in [0.2, 0.25) is 0 Å². The number of hydrogen-bond acceptors (Lipinski definition) is 5. The van der Waals surface area contributed by atoms with E-state index in [1.165, 1.54) is 23.5 Å².